The van der Waals surface area contributed by atoms with Gasteiger partial charge in [-0.3, -0.25) is 9.55 Å². The van der Waals surface area contributed by atoms with Gasteiger partial charge in [0.05, 0.1) is 5.69 Å². The van der Waals surface area contributed by atoms with Crippen LogP contribution in [-0.2, 0) is 0 Å². The Balaban J connectivity index is 1.81. The third kappa shape index (κ3) is 2.19. The molecular weight excluding hydrogens is 308 g/mol. The molecule has 0 amide bonds. The summed E-state index contributed by atoms with van der Waals surface area (Å²) in [5, 5.41) is 2.21. The Kier molecular flexibility index (Phi) is 3.07. The minimum absolute atomic E-state index is 0.911. The number of benzene rings is 1. The summed E-state index contributed by atoms with van der Waals surface area (Å²) in [5.41, 5.74) is 4.87. The highest BCUT2D eigenvalue weighted by Gasteiger charge is 2.14. The molecular formula is C21H14N4. The summed E-state index contributed by atoms with van der Waals surface area (Å²) < 4.78 is 2.11. The number of nitrogens with zero attached hydrogens (tertiary/aromatic N) is 4. The van der Waals surface area contributed by atoms with E-state index >= 15 is 0 Å². The van der Waals surface area contributed by atoms with Gasteiger partial charge in [0.15, 0.2) is 0 Å². The number of fused-ring (bicyclic) bond motifs is 3. The zero-order chi connectivity index (χ0) is 16.6. The van der Waals surface area contributed by atoms with Crippen LogP contribution in [-0.4, -0.2) is 19.5 Å². The topological polar surface area (TPSA) is 43.6 Å². The molecule has 0 bridgehead atoms. The van der Waals surface area contributed by atoms with Crippen LogP contribution >= 0.6 is 0 Å². The van der Waals surface area contributed by atoms with Crippen molar-refractivity contribution >= 4 is 22.1 Å². The van der Waals surface area contributed by atoms with E-state index in [0.717, 1.165) is 39.0 Å². The lowest BCUT2D eigenvalue weighted by molar-refractivity contribution is 1.10. The van der Waals surface area contributed by atoms with Crippen LogP contribution in [0.3, 0.4) is 0 Å². The first-order chi connectivity index (χ1) is 12.4. The second-order valence-electron chi connectivity index (χ2n) is 5.85. The Morgan fingerprint density at radius 1 is 0.600 bits per heavy atom. The molecule has 0 atom stereocenters. The van der Waals surface area contributed by atoms with Crippen molar-refractivity contribution in [3.63, 3.8) is 0 Å². The van der Waals surface area contributed by atoms with Crippen molar-refractivity contribution in [2.75, 3.05) is 0 Å². The molecule has 4 heteroatoms. The van der Waals surface area contributed by atoms with E-state index in [0.29, 0.717) is 0 Å². The normalized spacial score (nSPS) is 11.2. The standard InChI is InChI=1S/C21H14N4/c1-2-11-22-19(10-1)15-6-3-7-16(14-15)25-20-17(8-4-12-23-20)18-9-5-13-24-21(18)25/h1-14H. The van der Waals surface area contributed by atoms with Gasteiger partial charge in [0.1, 0.15) is 11.3 Å². The summed E-state index contributed by atoms with van der Waals surface area (Å²) in [6.45, 7) is 0. The zero-order valence-corrected chi connectivity index (χ0v) is 13.4. The van der Waals surface area contributed by atoms with E-state index in [1.165, 1.54) is 0 Å². The first kappa shape index (κ1) is 13.9. The highest BCUT2D eigenvalue weighted by Crippen LogP contribution is 2.30. The van der Waals surface area contributed by atoms with E-state index in [2.05, 4.69) is 49.9 Å². The first-order valence-electron chi connectivity index (χ1n) is 8.14. The molecule has 0 radical (unpaired) electrons. The predicted octanol–water partition coefficient (Wildman–Crippen LogP) is 4.64. The maximum absolute atomic E-state index is 4.60. The van der Waals surface area contributed by atoms with Crippen molar-refractivity contribution in [2.45, 2.75) is 0 Å². The molecule has 0 N–H and O–H groups in total. The Hall–Kier alpha value is -3.53. The molecule has 0 saturated carbocycles. The van der Waals surface area contributed by atoms with Gasteiger partial charge in [-0.2, -0.15) is 0 Å². The van der Waals surface area contributed by atoms with Crippen molar-refractivity contribution in [2.24, 2.45) is 0 Å². The SMILES string of the molecule is c1ccc(-c2cccc(-n3c4ncccc4c4cccnc43)c2)nc1. The van der Waals surface area contributed by atoms with E-state index in [9.17, 15) is 0 Å². The van der Waals surface area contributed by atoms with Gasteiger partial charge in [-0.1, -0.05) is 18.2 Å². The minimum Gasteiger partial charge on any atom is -0.278 e. The molecule has 0 fully saturated rings. The van der Waals surface area contributed by atoms with Crippen LogP contribution in [0, 0.1) is 0 Å². The van der Waals surface area contributed by atoms with Crippen molar-refractivity contribution in [3.8, 4) is 16.9 Å². The summed E-state index contributed by atoms with van der Waals surface area (Å²) in [4.78, 5) is 13.7. The molecule has 118 valence electrons. The molecule has 0 spiro atoms. The zero-order valence-electron chi connectivity index (χ0n) is 13.4. The van der Waals surface area contributed by atoms with Crippen LogP contribution in [0.15, 0.2) is 85.3 Å². The van der Waals surface area contributed by atoms with Crippen LogP contribution in [0.25, 0.3) is 39.0 Å². The number of rotatable bonds is 2. The molecule has 4 nitrogen and oxygen atoms in total. The summed E-state index contributed by atoms with van der Waals surface area (Å²) in [7, 11) is 0. The van der Waals surface area contributed by atoms with Crippen molar-refractivity contribution in [1.82, 2.24) is 19.5 Å². The molecule has 0 aliphatic heterocycles. The van der Waals surface area contributed by atoms with Gasteiger partial charge in [-0.05, 0) is 48.5 Å². The van der Waals surface area contributed by atoms with Gasteiger partial charge in [0.2, 0.25) is 0 Å². The molecule has 0 aliphatic carbocycles. The highest BCUT2D eigenvalue weighted by molar-refractivity contribution is 6.06. The molecule has 4 aromatic heterocycles. The average Bonchev–Trinajstić information content (AvgIpc) is 3.03. The third-order valence-electron chi connectivity index (χ3n) is 4.35. The first-order valence-corrected chi connectivity index (χ1v) is 8.14. The lowest BCUT2D eigenvalue weighted by atomic mass is 10.1. The molecule has 5 rings (SSSR count). The second kappa shape index (κ2) is 5.53. The van der Waals surface area contributed by atoms with Crippen LogP contribution < -0.4 is 0 Å². The van der Waals surface area contributed by atoms with Gasteiger partial charge < -0.3 is 0 Å². The monoisotopic (exact) mass is 322 g/mol. The van der Waals surface area contributed by atoms with Gasteiger partial charge in [0.25, 0.3) is 0 Å². The van der Waals surface area contributed by atoms with E-state index in [4.69, 9.17) is 0 Å². The molecule has 5 aromatic rings. The molecule has 25 heavy (non-hydrogen) atoms. The average molecular weight is 322 g/mol. The lowest BCUT2D eigenvalue weighted by Crippen LogP contribution is -1.97. The molecule has 4 heterocycles. The smallest absolute Gasteiger partial charge is 0.146 e. The number of pyridine rings is 3. The fraction of sp³-hybridized carbons (Fsp3) is 0. The molecule has 0 saturated heterocycles. The van der Waals surface area contributed by atoms with E-state index in [1.807, 2.05) is 55.0 Å². The maximum Gasteiger partial charge on any atom is 0.146 e. The van der Waals surface area contributed by atoms with E-state index < -0.39 is 0 Å². The second-order valence-corrected chi connectivity index (χ2v) is 5.85. The van der Waals surface area contributed by atoms with Crippen LogP contribution in [0.2, 0.25) is 0 Å². The quantitative estimate of drug-likeness (QED) is 0.476. The lowest BCUT2D eigenvalue weighted by Gasteiger charge is -2.08. The van der Waals surface area contributed by atoms with Crippen molar-refractivity contribution in [1.29, 1.82) is 0 Å². The summed E-state index contributed by atoms with van der Waals surface area (Å²) in [6, 6.07) is 22.4. The number of hydrogen-bond acceptors (Lipinski definition) is 3. The maximum atomic E-state index is 4.60. The predicted molar refractivity (Wildman–Crippen MR) is 99.6 cm³/mol. The Bertz CT molecular complexity index is 1140. The van der Waals surface area contributed by atoms with Crippen molar-refractivity contribution < 1.29 is 0 Å². The minimum atomic E-state index is 0.911. The molecule has 0 unspecified atom stereocenters. The van der Waals surface area contributed by atoms with Crippen LogP contribution in [0.1, 0.15) is 0 Å². The summed E-state index contributed by atoms with van der Waals surface area (Å²) >= 11 is 0. The van der Waals surface area contributed by atoms with Gasteiger partial charge >= 0.3 is 0 Å². The number of aromatic nitrogens is 4. The van der Waals surface area contributed by atoms with E-state index in [-0.39, 0.29) is 0 Å². The van der Waals surface area contributed by atoms with Gasteiger partial charge in [0, 0.05) is 40.6 Å². The summed E-state index contributed by atoms with van der Waals surface area (Å²) in [5.74, 6) is 0. The Labute approximate surface area is 144 Å². The number of hydrogen-bond donors (Lipinski definition) is 0. The molecule has 1 aromatic carbocycles. The Morgan fingerprint density at radius 3 is 2.00 bits per heavy atom. The summed E-state index contributed by atoms with van der Waals surface area (Å²) in [6.07, 6.45) is 5.45. The van der Waals surface area contributed by atoms with Crippen molar-refractivity contribution in [3.05, 3.63) is 85.3 Å². The van der Waals surface area contributed by atoms with Crippen LogP contribution in [0.4, 0.5) is 0 Å². The molecule has 0 aliphatic rings. The van der Waals surface area contributed by atoms with Crippen LogP contribution in [0.5, 0.6) is 0 Å². The fourth-order valence-corrected chi connectivity index (χ4v) is 3.25. The highest BCUT2D eigenvalue weighted by atomic mass is 15.1. The third-order valence-corrected chi connectivity index (χ3v) is 4.35. The van der Waals surface area contributed by atoms with E-state index in [1.54, 1.807) is 0 Å². The van der Waals surface area contributed by atoms with Gasteiger partial charge in [-0.25, -0.2) is 9.97 Å². The van der Waals surface area contributed by atoms with Gasteiger partial charge in [-0.15, -0.1) is 0 Å². The fourth-order valence-electron chi connectivity index (χ4n) is 3.25. The largest absolute Gasteiger partial charge is 0.278 e. The Morgan fingerprint density at radius 2 is 1.32 bits per heavy atom.